The number of benzene rings is 4. The number of ether oxygens (including phenoxy) is 3. The van der Waals surface area contributed by atoms with Gasteiger partial charge in [-0.15, -0.1) is 0 Å². The monoisotopic (exact) mass is 990 g/mol. The maximum atomic E-state index is 6.47. The largest absolute Gasteiger partial charge is 0.378 e. The number of guanidine groups is 2. The van der Waals surface area contributed by atoms with E-state index < -0.39 is 0 Å². The molecule has 2 fully saturated rings. The quantitative estimate of drug-likeness (QED) is 0.0366. The lowest BCUT2D eigenvalue weighted by Crippen LogP contribution is -2.51. The molecule has 0 amide bonds. The predicted molar refractivity (Wildman–Crippen MR) is 284 cm³/mol. The lowest BCUT2D eigenvalue weighted by Gasteiger charge is -2.40. The molecule has 2 aliphatic rings. The van der Waals surface area contributed by atoms with Crippen LogP contribution < -0.4 is 32.7 Å². The van der Waals surface area contributed by atoms with Crippen molar-refractivity contribution in [3.8, 4) is 22.5 Å². The molecule has 0 aliphatic carbocycles. The zero-order valence-corrected chi connectivity index (χ0v) is 42.0. The molecule has 70 heavy (non-hydrogen) atoms. The Balaban J connectivity index is 0.704. The van der Waals surface area contributed by atoms with Crippen LogP contribution in [0.15, 0.2) is 94.9 Å². The van der Waals surface area contributed by atoms with Gasteiger partial charge in [0, 0.05) is 109 Å². The minimum atomic E-state index is -0.329. The number of aliphatic imine (C=N–C) groups is 2. The molecule has 0 saturated carbocycles. The highest BCUT2D eigenvalue weighted by Gasteiger charge is 2.28. The highest BCUT2D eigenvalue weighted by Crippen LogP contribution is 2.34. The van der Waals surface area contributed by atoms with Crippen molar-refractivity contribution < 1.29 is 14.2 Å². The van der Waals surface area contributed by atoms with E-state index in [1.807, 2.05) is 24.3 Å². The fourth-order valence-electron chi connectivity index (χ4n) is 8.90. The third-order valence-electron chi connectivity index (χ3n) is 12.6. The Hall–Kier alpha value is -5.92. The minimum Gasteiger partial charge on any atom is -0.378 e. The molecule has 2 aliphatic heterocycles. The third-order valence-corrected chi connectivity index (χ3v) is 13.1. The van der Waals surface area contributed by atoms with Gasteiger partial charge in [0.05, 0.1) is 60.1 Å². The van der Waals surface area contributed by atoms with Gasteiger partial charge in [0.1, 0.15) is 0 Å². The summed E-state index contributed by atoms with van der Waals surface area (Å²) in [6, 6.07) is 27.8. The molecule has 6 aromatic rings. The maximum Gasteiger partial charge on any atom is 0.253 e. The lowest BCUT2D eigenvalue weighted by molar-refractivity contribution is -0.0898. The van der Waals surface area contributed by atoms with Crippen LogP contribution in [0.1, 0.15) is 34.1 Å². The van der Waals surface area contributed by atoms with E-state index in [4.69, 9.17) is 60.3 Å². The van der Waals surface area contributed by atoms with E-state index in [0.717, 1.165) is 111 Å². The van der Waals surface area contributed by atoms with Crippen LogP contribution in [0.25, 0.3) is 44.3 Å². The Morgan fingerprint density at radius 1 is 0.543 bits per heavy atom. The van der Waals surface area contributed by atoms with E-state index in [1.54, 1.807) is 12.1 Å². The number of nitrogens with zero attached hydrogens (tertiary/aromatic N) is 10. The van der Waals surface area contributed by atoms with Crippen LogP contribution in [0.5, 0.6) is 0 Å². The Bertz CT molecular complexity index is 2790. The number of halogens is 2. The molecule has 0 spiro atoms. The van der Waals surface area contributed by atoms with Gasteiger partial charge in [0.25, 0.3) is 11.9 Å². The van der Waals surface area contributed by atoms with Gasteiger partial charge in [0.2, 0.25) is 0 Å². The number of piperazine rings is 2. The van der Waals surface area contributed by atoms with Crippen LogP contribution in [-0.2, 0) is 14.2 Å². The standard InChI is InChI=1S/C51H64Cl2N14O3/c1-50(2,70-30-29-68-28-26-64-18-22-66(23-19-64)38-11-5-34(6-12-38)44-40-31-36(52)9-15-42(40)58-48(60-44)62-46(54)55)17-27-69-51(3,4)33-65-20-24-67(25-21-65)39-13-7-35(8-14-39)45-41-32-37(53)10-16-43(41)59-49(61-45)63-47(56)57/h5-16,31-32H,17-30,33H2,1-4H3,(H4,54,55,58,60,62)(H4,56,57,59,61,63). The Labute approximate surface area is 419 Å². The second-order valence-corrected chi connectivity index (χ2v) is 19.8. The molecule has 19 heteroatoms. The molecule has 0 unspecified atom stereocenters. The summed E-state index contributed by atoms with van der Waals surface area (Å²) in [6.45, 7) is 20.2. The number of hydrogen-bond donors (Lipinski definition) is 4. The van der Waals surface area contributed by atoms with Gasteiger partial charge in [-0.3, -0.25) is 9.80 Å². The Morgan fingerprint density at radius 2 is 1.00 bits per heavy atom. The number of hydrogen-bond acceptors (Lipinski definition) is 13. The summed E-state index contributed by atoms with van der Waals surface area (Å²) in [6.07, 6.45) is 0.785. The second-order valence-electron chi connectivity index (χ2n) is 18.9. The van der Waals surface area contributed by atoms with Crippen molar-refractivity contribution in [2.75, 3.05) is 102 Å². The summed E-state index contributed by atoms with van der Waals surface area (Å²) < 4.78 is 18.8. The van der Waals surface area contributed by atoms with Crippen molar-refractivity contribution in [3.05, 3.63) is 95.0 Å². The molecule has 8 N–H and O–H groups in total. The van der Waals surface area contributed by atoms with Gasteiger partial charge >= 0.3 is 0 Å². The van der Waals surface area contributed by atoms with Gasteiger partial charge in [0.15, 0.2) is 11.9 Å². The summed E-state index contributed by atoms with van der Waals surface area (Å²) in [5, 5.41) is 2.86. The van der Waals surface area contributed by atoms with Crippen molar-refractivity contribution >= 4 is 80.2 Å². The molecule has 0 atom stereocenters. The smallest absolute Gasteiger partial charge is 0.253 e. The number of rotatable bonds is 19. The van der Waals surface area contributed by atoms with Gasteiger partial charge in [-0.2, -0.15) is 9.98 Å². The van der Waals surface area contributed by atoms with Crippen molar-refractivity contribution in [1.29, 1.82) is 0 Å². The van der Waals surface area contributed by atoms with E-state index in [9.17, 15) is 0 Å². The Morgan fingerprint density at radius 3 is 1.47 bits per heavy atom. The van der Waals surface area contributed by atoms with E-state index in [0.29, 0.717) is 53.2 Å². The van der Waals surface area contributed by atoms with Crippen LogP contribution in [0.4, 0.5) is 23.3 Å². The Kier molecular flexibility index (Phi) is 16.2. The summed E-state index contributed by atoms with van der Waals surface area (Å²) >= 11 is 12.7. The molecule has 2 saturated heterocycles. The molecule has 0 radical (unpaired) electrons. The second kappa shape index (κ2) is 22.4. The highest BCUT2D eigenvalue weighted by atomic mass is 35.5. The van der Waals surface area contributed by atoms with Crippen molar-refractivity contribution in [3.63, 3.8) is 0 Å². The molecule has 4 heterocycles. The molecular weight excluding hydrogens is 928 g/mol. The average molecular weight is 992 g/mol. The lowest BCUT2D eigenvalue weighted by atomic mass is 10.0. The molecule has 370 valence electrons. The number of fused-ring (bicyclic) bond motifs is 2. The number of anilines is 2. The third kappa shape index (κ3) is 13.5. The van der Waals surface area contributed by atoms with E-state index in [2.05, 4.69) is 126 Å². The SMILES string of the molecule is CC(C)(CCOC(C)(C)CN1CCN(c2ccc(-c3nc(N=C(N)N)nc4ccc(Cl)cc34)cc2)CC1)OCCOCCN1CCN(c2ccc(-c3nc(N=C(N)N)nc4ccc(Cl)cc34)cc2)CC1. The fraction of sp³-hybridized carbons (Fsp3) is 0.412. The van der Waals surface area contributed by atoms with Gasteiger partial charge < -0.3 is 46.9 Å². The van der Waals surface area contributed by atoms with Crippen LogP contribution in [-0.4, -0.2) is 145 Å². The summed E-state index contributed by atoms with van der Waals surface area (Å²) in [5.41, 5.74) is 28.9. The van der Waals surface area contributed by atoms with E-state index >= 15 is 0 Å². The van der Waals surface area contributed by atoms with Crippen molar-refractivity contribution in [2.24, 2.45) is 32.9 Å². The van der Waals surface area contributed by atoms with Crippen molar-refractivity contribution in [1.82, 2.24) is 29.7 Å². The first kappa shape index (κ1) is 50.5. The molecular formula is C51H64Cl2N14O3. The van der Waals surface area contributed by atoms with Gasteiger partial charge in [-0.25, -0.2) is 19.9 Å². The van der Waals surface area contributed by atoms with Crippen LogP contribution in [0, 0.1) is 0 Å². The first-order valence-electron chi connectivity index (χ1n) is 23.7. The minimum absolute atomic E-state index is 0.100. The summed E-state index contributed by atoms with van der Waals surface area (Å²) in [4.78, 5) is 36.2. The van der Waals surface area contributed by atoms with E-state index in [1.165, 1.54) is 0 Å². The van der Waals surface area contributed by atoms with Crippen LogP contribution in [0.3, 0.4) is 0 Å². The van der Waals surface area contributed by atoms with Crippen LogP contribution in [0.2, 0.25) is 10.0 Å². The molecule has 17 nitrogen and oxygen atoms in total. The van der Waals surface area contributed by atoms with Crippen LogP contribution >= 0.6 is 23.2 Å². The normalized spacial score (nSPS) is 15.2. The molecule has 4 aromatic carbocycles. The summed E-state index contributed by atoms with van der Waals surface area (Å²) in [5.74, 6) is 0.209. The zero-order chi connectivity index (χ0) is 49.4. The highest BCUT2D eigenvalue weighted by molar-refractivity contribution is 6.31. The van der Waals surface area contributed by atoms with E-state index in [-0.39, 0.29) is 35.0 Å². The fourth-order valence-corrected chi connectivity index (χ4v) is 9.25. The number of aromatic nitrogens is 4. The number of nitrogens with two attached hydrogens (primary N) is 4. The first-order chi connectivity index (χ1) is 33.6. The topological polar surface area (TPSA) is 221 Å². The molecule has 0 bridgehead atoms. The van der Waals surface area contributed by atoms with Crippen molar-refractivity contribution in [2.45, 2.75) is 45.3 Å². The van der Waals surface area contributed by atoms with Gasteiger partial charge in [-0.1, -0.05) is 47.5 Å². The average Bonchev–Trinajstić information content (AvgIpc) is 3.32. The maximum absolute atomic E-state index is 6.47. The zero-order valence-electron chi connectivity index (χ0n) is 40.5. The van der Waals surface area contributed by atoms with Gasteiger partial charge in [-0.05, 0) is 94.8 Å². The first-order valence-corrected chi connectivity index (χ1v) is 24.5. The molecule has 2 aromatic heterocycles. The predicted octanol–water partition coefficient (Wildman–Crippen LogP) is 6.96. The summed E-state index contributed by atoms with van der Waals surface area (Å²) in [7, 11) is 0. The molecule has 8 rings (SSSR count).